The number of fused-ring (bicyclic) bond motifs is 1. The molecule has 0 aliphatic carbocycles. The fourth-order valence-electron chi connectivity index (χ4n) is 4.14. The number of rotatable bonds is 3. The molecule has 0 spiro atoms. The molecule has 6 heteroatoms. The fraction of sp³-hybridized carbons (Fsp3) is 0.292. The summed E-state index contributed by atoms with van der Waals surface area (Å²) in [6.45, 7) is 0.512. The number of likely N-dealkylation sites (tertiary alicyclic amines) is 1. The number of aliphatic hydroxyl groups is 2. The molecule has 1 saturated heterocycles. The summed E-state index contributed by atoms with van der Waals surface area (Å²) >= 11 is 0. The molecule has 30 heavy (non-hydrogen) atoms. The maximum atomic E-state index is 14.4. The van der Waals surface area contributed by atoms with Crippen molar-refractivity contribution >= 4 is 16.7 Å². The standard InChI is InChI=1S/C24H23F2NO3/c25-16-6-7-20(22(26)14-16)19-8-9-21(18-5-2-1-4-17(18)19)23(29)27-12-3-10-24(30,15-28)11-13-27/h1-2,4-9,14,28,30H,3,10-13,15H2. The number of hydrogen-bond acceptors (Lipinski definition) is 3. The lowest BCUT2D eigenvalue weighted by Gasteiger charge is -2.25. The Morgan fingerprint density at radius 1 is 0.967 bits per heavy atom. The summed E-state index contributed by atoms with van der Waals surface area (Å²) in [6.07, 6.45) is 1.35. The van der Waals surface area contributed by atoms with Gasteiger partial charge in [0.25, 0.3) is 5.91 Å². The average Bonchev–Trinajstić information content (AvgIpc) is 2.95. The molecule has 1 heterocycles. The number of amides is 1. The van der Waals surface area contributed by atoms with Crippen LogP contribution in [0, 0.1) is 11.6 Å². The molecule has 2 N–H and O–H groups in total. The molecular formula is C24H23F2NO3. The van der Waals surface area contributed by atoms with E-state index in [1.165, 1.54) is 12.1 Å². The van der Waals surface area contributed by atoms with Crippen LogP contribution in [0.3, 0.4) is 0 Å². The van der Waals surface area contributed by atoms with E-state index in [4.69, 9.17) is 0 Å². The summed E-state index contributed by atoms with van der Waals surface area (Å²) in [6, 6.07) is 14.1. The second kappa shape index (κ2) is 8.13. The number of carbonyl (C=O) groups is 1. The Labute approximate surface area is 173 Å². The summed E-state index contributed by atoms with van der Waals surface area (Å²) in [5, 5.41) is 21.2. The molecule has 4 rings (SSSR count). The zero-order valence-electron chi connectivity index (χ0n) is 16.4. The van der Waals surface area contributed by atoms with E-state index in [1.807, 2.05) is 24.3 Å². The summed E-state index contributed by atoms with van der Waals surface area (Å²) in [4.78, 5) is 15.0. The van der Waals surface area contributed by atoms with E-state index in [-0.39, 0.29) is 18.1 Å². The highest BCUT2D eigenvalue weighted by molar-refractivity contribution is 6.11. The van der Waals surface area contributed by atoms with Gasteiger partial charge in [0.15, 0.2) is 0 Å². The SMILES string of the molecule is O=C(c1ccc(-c2ccc(F)cc2F)c2ccccc12)N1CCCC(O)(CO)CC1. The van der Waals surface area contributed by atoms with Gasteiger partial charge < -0.3 is 15.1 Å². The Kier molecular flexibility index (Phi) is 5.54. The number of nitrogens with zero attached hydrogens (tertiary/aromatic N) is 1. The second-order valence-corrected chi connectivity index (χ2v) is 7.86. The van der Waals surface area contributed by atoms with Gasteiger partial charge in [-0.15, -0.1) is 0 Å². The van der Waals surface area contributed by atoms with Crippen molar-refractivity contribution in [1.29, 1.82) is 0 Å². The van der Waals surface area contributed by atoms with Crippen molar-refractivity contribution < 1.29 is 23.8 Å². The van der Waals surface area contributed by atoms with Gasteiger partial charge in [0.1, 0.15) is 11.6 Å². The fourth-order valence-corrected chi connectivity index (χ4v) is 4.14. The third-order valence-electron chi connectivity index (χ3n) is 5.87. The van der Waals surface area contributed by atoms with Crippen LogP contribution in [0.25, 0.3) is 21.9 Å². The quantitative estimate of drug-likeness (QED) is 0.681. The predicted octanol–water partition coefficient (Wildman–Crippen LogP) is 4.13. The van der Waals surface area contributed by atoms with Crippen molar-refractivity contribution in [2.45, 2.75) is 24.9 Å². The Balaban J connectivity index is 1.74. The van der Waals surface area contributed by atoms with Crippen LogP contribution >= 0.6 is 0 Å². The minimum Gasteiger partial charge on any atom is -0.393 e. The zero-order chi connectivity index (χ0) is 21.3. The molecular weight excluding hydrogens is 388 g/mol. The first-order chi connectivity index (χ1) is 14.4. The lowest BCUT2D eigenvalue weighted by atomic mass is 9.94. The van der Waals surface area contributed by atoms with E-state index in [2.05, 4.69) is 0 Å². The van der Waals surface area contributed by atoms with Crippen molar-refractivity contribution in [3.8, 4) is 11.1 Å². The first-order valence-corrected chi connectivity index (χ1v) is 10.0. The van der Waals surface area contributed by atoms with Crippen LogP contribution in [-0.2, 0) is 0 Å². The molecule has 4 nitrogen and oxygen atoms in total. The summed E-state index contributed by atoms with van der Waals surface area (Å²) in [7, 11) is 0. The molecule has 1 atom stereocenters. The number of hydrogen-bond donors (Lipinski definition) is 2. The third-order valence-corrected chi connectivity index (χ3v) is 5.87. The van der Waals surface area contributed by atoms with Crippen molar-refractivity contribution in [1.82, 2.24) is 4.90 Å². The minimum absolute atomic E-state index is 0.167. The van der Waals surface area contributed by atoms with Gasteiger partial charge in [0, 0.05) is 30.3 Å². The van der Waals surface area contributed by atoms with Crippen molar-refractivity contribution in [3.05, 3.63) is 71.8 Å². The van der Waals surface area contributed by atoms with Crippen LogP contribution in [-0.4, -0.2) is 46.3 Å². The van der Waals surface area contributed by atoms with Crippen LogP contribution in [0.2, 0.25) is 0 Å². The van der Waals surface area contributed by atoms with Crippen LogP contribution in [0.5, 0.6) is 0 Å². The maximum Gasteiger partial charge on any atom is 0.254 e. The molecule has 0 bridgehead atoms. The van der Waals surface area contributed by atoms with Crippen LogP contribution in [0.1, 0.15) is 29.6 Å². The molecule has 0 saturated carbocycles. The van der Waals surface area contributed by atoms with E-state index in [0.717, 1.165) is 6.07 Å². The summed E-state index contributed by atoms with van der Waals surface area (Å²) in [5.41, 5.74) is 0.201. The highest BCUT2D eigenvalue weighted by Crippen LogP contribution is 2.33. The molecule has 0 aromatic heterocycles. The van der Waals surface area contributed by atoms with E-state index >= 15 is 0 Å². The Morgan fingerprint density at radius 3 is 2.43 bits per heavy atom. The number of aliphatic hydroxyl groups excluding tert-OH is 1. The lowest BCUT2D eigenvalue weighted by molar-refractivity contribution is -0.0250. The molecule has 1 aliphatic heterocycles. The minimum atomic E-state index is -1.15. The van der Waals surface area contributed by atoms with Gasteiger partial charge in [-0.25, -0.2) is 8.78 Å². The summed E-state index contributed by atoms with van der Waals surface area (Å²) < 4.78 is 27.7. The normalized spacial score (nSPS) is 19.7. The molecule has 1 aliphatic rings. The van der Waals surface area contributed by atoms with Crippen LogP contribution in [0.4, 0.5) is 8.78 Å². The topological polar surface area (TPSA) is 60.8 Å². The smallest absolute Gasteiger partial charge is 0.254 e. The van der Waals surface area contributed by atoms with Gasteiger partial charge in [0.2, 0.25) is 0 Å². The lowest BCUT2D eigenvalue weighted by Crippen LogP contribution is -2.36. The van der Waals surface area contributed by atoms with Crippen LogP contribution in [0.15, 0.2) is 54.6 Å². The molecule has 1 unspecified atom stereocenters. The van der Waals surface area contributed by atoms with Crippen molar-refractivity contribution in [3.63, 3.8) is 0 Å². The van der Waals surface area contributed by atoms with Gasteiger partial charge in [-0.05, 0) is 53.8 Å². The summed E-state index contributed by atoms with van der Waals surface area (Å²) in [5.74, 6) is -1.47. The second-order valence-electron chi connectivity index (χ2n) is 7.86. The largest absolute Gasteiger partial charge is 0.393 e. The van der Waals surface area contributed by atoms with Gasteiger partial charge in [-0.1, -0.05) is 30.3 Å². The van der Waals surface area contributed by atoms with E-state index in [0.29, 0.717) is 54.3 Å². The third kappa shape index (κ3) is 3.80. The monoisotopic (exact) mass is 411 g/mol. The molecule has 0 radical (unpaired) electrons. The zero-order valence-corrected chi connectivity index (χ0v) is 16.4. The van der Waals surface area contributed by atoms with Gasteiger partial charge in [0.05, 0.1) is 12.2 Å². The maximum absolute atomic E-state index is 14.4. The Bertz CT molecular complexity index is 1100. The van der Waals surface area contributed by atoms with Gasteiger partial charge in [-0.3, -0.25) is 4.79 Å². The average molecular weight is 411 g/mol. The first-order valence-electron chi connectivity index (χ1n) is 10.0. The number of benzene rings is 3. The highest BCUT2D eigenvalue weighted by Gasteiger charge is 2.31. The molecule has 3 aromatic rings. The molecule has 1 amide bonds. The molecule has 3 aromatic carbocycles. The van der Waals surface area contributed by atoms with E-state index in [1.54, 1.807) is 17.0 Å². The molecule has 156 valence electrons. The Hall–Kier alpha value is -2.83. The van der Waals surface area contributed by atoms with Gasteiger partial charge in [-0.2, -0.15) is 0 Å². The van der Waals surface area contributed by atoms with Crippen molar-refractivity contribution in [2.24, 2.45) is 0 Å². The molecule has 1 fully saturated rings. The van der Waals surface area contributed by atoms with Crippen molar-refractivity contribution in [2.75, 3.05) is 19.7 Å². The first kappa shape index (κ1) is 20.4. The van der Waals surface area contributed by atoms with Gasteiger partial charge >= 0.3 is 0 Å². The number of carbonyl (C=O) groups excluding carboxylic acids is 1. The van der Waals surface area contributed by atoms with Crippen LogP contribution < -0.4 is 0 Å². The highest BCUT2D eigenvalue weighted by atomic mass is 19.1. The van der Waals surface area contributed by atoms with E-state index in [9.17, 15) is 23.8 Å². The predicted molar refractivity (Wildman–Crippen MR) is 111 cm³/mol. The Morgan fingerprint density at radius 2 is 1.70 bits per heavy atom. The van der Waals surface area contributed by atoms with E-state index < -0.39 is 17.2 Å². The number of halogens is 2.